The molecule has 0 spiro atoms. The average Bonchev–Trinajstić information content (AvgIpc) is 2.79. The van der Waals surface area contributed by atoms with Crippen LogP contribution in [0, 0.1) is 0 Å². The van der Waals surface area contributed by atoms with Crippen molar-refractivity contribution in [3.8, 4) is 0 Å². The Morgan fingerprint density at radius 3 is 2.38 bits per heavy atom. The lowest BCUT2D eigenvalue weighted by Crippen LogP contribution is -2.37. The molecule has 172 valence electrons. The molecule has 0 radical (unpaired) electrons. The zero-order chi connectivity index (χ0) is 23.2. The summed E-state index contributed by atoms with van der Waals surface area (Å²) < 4.78 is 0. The Bertz CT molecular complexity index is 877. The maximum Gasteiger partial charge on any atom is 0.394 e. The highest BCUT2D eigenvalue weighted by Crippen LogP contribution is 2.14. The fourth-order valence-electron chi connectivity index (χ4n) is 3.56. The summed E-state index contributed by atoms with van der Waals surface area (Å²) in [6.45, 7) is 2.80. The molecule has 0 heterocycles. The summed E-state index contributed by atoms with van der Waals surface area (Å²) in [6.07, 6.45) is 13.7. The lowest BCUT2D eigenvalue weighted by molar-refractivity contribution is -0.156. The maximum absolute atomic E-state index is 12.2. The maximum atomic E-state index is 12.2. The first kappa shape index (κ1) is 25.7. The van der Waals surface area contributed by atoms with Gasteiger partial charge in [-0.15, -0.1) is 0 Å². The third kappa shape index (κ3) is 9.69. The molecule has 0 aliphatic rings. The molecule has 0 atom stereocenters. The number of halogens is 1. The minimum atomic E-state index is -1.44. The van der Waals surface area contributed by atoms with E-state index in [1.165, 1.54) is 43.4 Å². The molecule has 0 fully saturated rings. The second-order valence-electron chi connectivity index (χ2n) is 8.11. The number of unbranched alkanes of at least 4 members (excludes halogenated alkanes) is 6. The summed E-state index contributed by atoms with van der Waals surface area (Å²) in [7, 11) is 0. The molecular weight excluding hydrogens is 422 g/mol. The molecule has 0 bridgehead atoms. The minimum absolute atomic E-state index is 0.257. The van der Waals surface area contributed by atoms with Crippen LogP contribution in [0.15, 0.2) is 54.6 Å². The first-order chi connectivity index (χ1) is 15.5. The number of carboxylic acid groups (broad SMARTS) is 1. The van der Waals surface area contributed by atoms with E-state index in [0.717, 1.165) is 23.1 Å². The Morgan fingerprint density at radius 1 is 0.969 bits per heavy atom. The number of nitrogens with zero attached hydrogens (tertiary/aromatic N) is 1. The summed E-state index contributed by atoms with van der Waals surface area (Å²) in [6, 6.07) is 15.3. The van der Waals surface area contributed by atoms with Crippen molar-refractivity contribution in [3.63, 3.8) is 0 Å². The van der Waals surface area contributed by atoms with E-state index in [2.05, 4.69) is 19.1 Å². The van der Waals surface area contributed by atoms with Crippen molar-refractivity contribution < 1.29 is 14.7 Å². The van der Waals surface area contributed by atoms with E-state index in [4.69, 9.17) is 11.6 Å². The molecule has 0 unspecified atom stereocenters. The number of amides is 1. The number of aliphatic carboxylic acids is 1. The van der Waals surface area contributed by atoms with Crippen molar-refractivity contribution in [3.05, 3.63) is 76.3 Å². The zero-order valence-electron chi connectivity index (χ0n) is 18.9. The number of benzene rings is 2. The minimum Gasteiger partial charge on any atom is -0.474 e. The van der Waals surface area contributed by atoms with Gasteiger partial charge in [-0.3, -0.25) is 4.79 Å². The van der Waals surface area contributed by atoms with E-state index < -0.39 is 11.9 Å². The molecule has 2 rings (SSSR count). The van der Waals surface area contributed by atoms with Gasteiger partial charge in [-0.25, -0.2) is 4.79 Å². The molecule has 32 heavy (non-hydrogen) atoms. The second kappa shape index (κ2) is 14.5. The molecule has 1 N–H and O–H groups in total. The van der Waals surface area contributed by atoms with Gasteiger partial charge in [0.25, 0.3) is 0 Å². The Hall–Kier alpha value is -2.59. The first-order valence-corrected chi connectivity index (χ1v) is 11.9. The molecule has 0 aromatic heterocycles. The zero-order valence-corrected chi connectivity index (χ0v) is 19.7. The van der Waals surface area contributed by atoms with Crippen molar-refractivity contribution in [1.82, 2.24) is 4.90 Å². The number of hydrogen-bond acceptors (Lipinski definition) is 2. The van der Waals surface area contributed by atoms with E-state index >= 15 is 0 Å². The van der Waals surface area contributed by atoms with Gasteiger partial charge in [0.15, 0.2) is 0 Å². The quantitative estimate of drug-likeness (QED) is 0.268. The van der Waals surface area contributed by atoms with E-state index in [9.17, 15) is 14.7 Å². The topological polar surface area (TPSA) is 57.6 Å². The predicted molar refractivity (Wildman–Crippen MR) is 132 cm³/mol. The highest BCUT2D eigenvalue weighted by Gasteiger charge is 2.21. The fourth-order valence-corrected chi connectivity index (χ4v) is 3.77. The summed E-state index contributed by atoms with van der Waals surface area (Å²) >= 11 is 6.02. The molecule has 1 amide bonds. The molecule has 2 aromatic carbocycles. The Labute approximate surface area is 196 Å². The number of carboxylic acids is 1. The van der Waals surface area contributed by atoms with Crippen LogP contribution in [0.1, 0.15) is 68.6 Å². The lowest BCUT2D eigenvalue weighted by atomic mass is 10.1. The third-order valence-electron chi connectivity index (χ3n) is 5.42. The van der Waals surface area contributed by atoms with Crippen LogP contribution in [0.25, 0.3) is 6.08 Å². The van der Waals surface area contributed by atoms with Crippen LogP contribution in [0.5, 0.6) is 0 Å². The van der Waals surface area contributed by atoms with Crippen molar-refractivity contribution >= 4 is 29.6 Å². The number of rotatable bonds is 13. The average molecular weight is 456 g/mol. The van der Waals surface area contributed by atoms with Gasteiger partial charge in [0.05, 0.1) is 0 Å². The van der Waals surface area contributed by atoms with Crippen molar-refractivity contribution in [2.75, 3.05) is 6.54 Å². The summed E-state index contributed by atoms with van der Waals surface area (Å²) in [4.78, 5) is 24.8. The summed E-state index contributed by atoms with van der Waals surface area (Å²) in [5, 5.41) is 9.82. The normalized spacial score (nSPS) is 11.1. The van der Waals surface area contributed by atoms with Crippen molar-refractivity contribution in [1.29, 1.82) is 0 Å². The van der Waals surface area contributed by atoms with Gasteiger partial charge in [-0.2, -0.15) is 0 Å². The summed E-state index contributed by atoms with van der Waals surface area (Å²) in [5.74, 6) is -2.33. The highest BCUT2D eigenvalue weighted by molar-refractivity contribution is 6.31. The van der Waals surface area contributed by atoms with Crippen LogP contribution >= 0.6 is 11.6 Å². The second-order valence-corrected chi connectivity index (χ2v) is 8.55. The van der Waals surface area contributed by atoms with Gasteiger partial charge in [0, 0.05) is 18.1 Å². The van der Waals surface area contributed by atoms with Gasteiger partial charge < -0.3 is 10.0 Å². The largest absolute Gasteiger partial charge is 0.474 e. The highest BCUT2D eigenvalue weighted by atomic mass is 35.5. The van der Waals surface area contributed by atoms with Crippen LogP contribution < -0.4 is 0 Å². The number of hydrogen-bond donors (Lipinski definition) is 1. The van der Waals surface area contributed by atoms with Gasteiger partial charge in [0.2, 0.25) is 0 Å². The first-order valence-electron chi connectivity index (χ1n) is 11.5. The Kier molecular flexibility index (Phi) is 11.6. The third-order valence-corrected chi connectivity index (χ3v) is 5.65. The smallest absolute Gasteiger partial charge is 0.394 e. The number of carbonyl (C=O) groups is 2. The lowest BCUT2D eigenvalue weighted by Gasteiger charge is -2.21. The predicted octanol–water partition coefficient (Wildman–Crippen LogP) is 6.76. The van der Waals surface area contributed by atoms with Crippen LogP contribution in [0.3, 0.4) is 0 Å². The van der Waals surface area contributed by atoms with E-state index in [-0.39, 0.29) is 6.54 Å². The molecule has 0 saturated carbocycles. The molecule has 0 saturated heterocycles. The molecular formula is C27H34ClNO3. The van der Waals surface area contributed by atoms with Gasteiger partial charge in [-0.1, -0.05) is 99.2 Å². The van der Waals surface area contributed by atoms with Gasteiger partial charge in [-0.05, 0) is 48.1 Å². The standard InChI is InChI=1S/C27H34ClNO3/c1-2-3-4-5-6-7-8-9-11-22-14-16-24(17-15-22)21-29(26(30)27(31)32)19-18-23-12-10-13-25(28)20-23/h9-17,20H,2-8,18-19,21H2,1H3,(H,31,32)/b11-9-. The van der Waals surface area contributed by atoms with Crippen LogP contribution in [-0.2, 0) is 22.6 Å². The monoisotopic (exact) mass is 455 g/mol. The Morgan fingerprint density at radius 2 is 1.69 bits per heavy atom. The number of allylic oxidation sites excluding steroid dienone is 1. The molecule has 4 nitrogen and oxygen atoms in total. The fraction of sp³-hybridized carbons (Fsp3) is 0.407. The molecule has 2 aromatic rings. The van der Waals surface area contributed by atoms with Crippen molar-refractivity contribution in [2.45, 2.75) is 64.8 Å². The van der Waals surface area contributed by atoms with Crippen molar-refractivity contribution in [2.24, 2.45) is 0 Å². The van der Waals surface area contributed by atoms with Gasteiger partial charge in [0.1, 0.15) is 0 Å². The van der Waals surface area contributed by atoms with Crippen LogP contribution in [0.4, 0.5) is 0 Å². The molecule has 0 aliphatic carbocycles. The summed E-state index contributed by atoms with van der Waals surface area (Å²) in [5.41, 5.74) is 2.97. The van der Waals surface area contributed by atoms with E-state index in [1.807, 2.05) is 42.5 Å². The Balaban J connectivity index is 1.87. The van der Waals surface area contributed by atoms with E-state index in [1.54, 1.807) is 6.07 Å². The molecule has 0 aliphatic heterocycles. The van der Waals surface area contributed by atoms with Gasteiger partial charge >= 0.3 is 11.9 Å². The molecule has 5 heteroatoms. The van der Waals surface area contributed by atoms with E-state index in [0.29, 0.717) is 18.0 Å². The van der Waals surface area contributed by atoms with Crippen LogP contribution in [-0.4, -0.2) is 28.4 Å². The SMILES string of the molecule is CCCCCCCC/C=C\c1ccc(CN(CCc2cccc(Cl)c2)C(=O)C(=O)O)cc1. The van der Waals surface area contributed by atoms with Crippen LogP contribution in [0.2, 0.25) is 5.02 Å². The number of carbonyl (C=O) groups excluding carboxylic acids is 1.